The summed E-state index contributed by atoms with van der Waals surface area (Å²) in [5.41, 5.74) is 1.00. The third-order valence-corrected chi connectivity index (χ3v) is 3.73. The molecule has 0 saturated heterocycles. The zero-order valence-electron chi connectivity index (χ0n) is 11.5. The van der Waals surface area contributed by atoms with Crippen LogP contribution in [0.5, 0.6) is 0 Å². The van der Waals surface area contributed by atoms with Gasteiger partial charge in [-0.15, -0.1) is 0 Å². The highest BCUT2D eigenvalue weighted by Crippen LogP contribution is 2.20. The number of halogens is 2. The van der Waals surface area contributed by atoms with Crippen LogP contribution >= 0.6 is 15.9 Å². The maximum atomic E-state index is 13.0. The lowest BCUT2D eigenvalue weighted by Crippen LogP contribution is -2.32. The minimum absolute atomic E-state index is 0.177. The second-order valence-corrected chi connectivity index (χ2v) is 5.34. The number of nitrogens with zero attached hydrogens (tertiary/aromatic N) is 1. The van der Waals surface area contributed by atoms with Crippen molar-refractivity contribution >= 4 is 21.9 Å². The standard InChI is InChI=1S/C14H19BrFNO2/c1-4-17(8-10(2)14(18)19-3)9-11-5-6-12(16)7-13(11)15/h5-7,10H,4,8-9H2,1-3H3. The van der Waals surface area contributed by atoms with E-state index in [2.05, 4.69) is 20.8 Å². The molecule has 1 aromatic carbocycles. The Hall–Kier alpha value is -0.940. The highest BCUT2D eigenvalue weighted by atomic mass is 79.9. The van der Waals surface area contributed by atoms with Crippen LogP contribution in [0.4, 0.5) is 4.39 Å². The van der Waals surface area contributed by atoms with Crippen molar-refractivity contribution in [2.24, 2.45) is 5.92 Å². The fourth-order valence-electron chi connectivity index (χ4n) is 1.86. The van der Waals surface area contributed by atoms with Crippen molar-refractivity contribution in [2.45, 2.75) is 20.4 Å². The Morgan fingerprint density at radius 1 is 1.53 bits per heavy atom. The van der Waals surface area contributed by atoms with Gasteiger partial charge in [0, 0.05) is 17.6 Å². The van der Waals surface area contributed by atoms with Gasteiger partial charge < -0.3 is 4.74 Å². The third kappa shape index (κ3) is 4.91. The van der Waals surface area contributed by atoms with Crippen LogP contribution in [-0.4, -0.2) is 31.1 Å². The van der Waals surface area contributed by atoms with E-state index in [0.29, 0.717) is 13.1 Å². The molecule has 1 aromatic rings. The molecule has 0 amide bonds. The Labute approximate surface area is 121 Å². The molecule has 1 atom stereocenters. The summed E-state index contributed by atoms with van der Waals surface area (Å²) in [5.74, 6) is -0.651. The van der Waals surface area contributed by atoms with Crippen LogP contribution in [0.15, 0.2) is 22.7 Å². The van der Waals surface area contributed by atoms with E-state index in [1.54, 1.807) is 6.07 Å². The molecule has 1 unspecified atom stereocenters. The molecular weight excluding hydrogens is 313 g/mol. The zero-order chi connectivity index (χ0) is 14.4. The summed E-state index contributed by atoms with van der Waals surface area (Å²) in [6, 6.07) is 4.65. The molecule has 0 fully saturated rings. The molecular formula is C14H19BrFNO2. The number of carbonyl (C=O) groups excluding carboxylic acids is 1. The second kappa shape index (κ2) is 7.60. The average molecular weight is 332 g/mol. The van der Waals surface area contributed by atoms with Gasteiger partial charge in [-0.1, -0.05) is 35.8 Å². The monoisotopic (exact) mass is 331 g/mol. The largest absolute Gasteiger partial charge is 0.469 e. The fourth-order valence-corrected chi connectivity index (χ4v) is 2.34. The molecule has 19 heavy (non-hydrogen) atoms. The van der Waals surface area contributed by atoms with E-state index in [0.717, 1.165) is 16.6 Å². The first-order valence-corrected chi connectivity index (χ1v) is 7.01. The molecule has 0 heterocycles. The van der Waals surface area contributed by atoms with Crippen LogP contribution in [0, 0.1) is 11.7 Å². The Balaban J connectivity index is 2.68. The molecule has 3 nitrogen and oxygen atoms in total. The fraction of sp³-hybridized carbons (Fsp3) is 0.500. The van der Waals surface area contributed by atoms with Crippen LogP contribution < -0.4 is 0 Å². The lowest BCUT2D eigenvalue weighted by Gasteiger charge is -2.23. The van der Waals surface area contributed by atoms with Crippen molar-refractivity contribution in [2.75, 3.05) is 20.2 Å². The first-order valence-electron chi connectivity index (χ1n) is 6.22. The number of benzene rings is 1. The summed E-state index contributed by atoms with van der Waals surface area (Å²) in [6.45, 7) is 5.96. The first kappa shape index (κ1) is 16.1. The molecule has 0 aliphatic carbocycles. The molecule has 0 aromatic heterocycles. The number of rotatable bonds is 6. The van der Waals surface area contributed by atoms with E-state index >= 15 is 0 Å². The summed E-state index contributed by atoms with van der Waals surface area (Å²) in [7, 11) is 1.39. The van der Waals surface area contributed by atoms with Crippen LogP contribution in [0.3, 0.4) is 0 Å². The second-order valence-electron chi connectivity index (χ2n) is 4.49. The molecule has 5 heteroatoms. The molecule has 0 bridgehead atoms. The average Bonchev–Trinajstić information content (AvgIpc) is 2.39. The van der Waals surface area contributed by atoms with Crippen molar-refractivity contribution in [3.63, 3.8) is 0 Å². The van der Waals surface area contributed by atoms with Crippen molar-refractivity contribution < 1.29 is 13.9 Å². The Morgan fingerprint density at radius 3 is 2.74 bits per heavy atom. The maximum Gasteiger partial charge on any atom is 0.309 e. The van der Waals surface area contributed by atoms with E-state index in [-0.39, 0.29) is 17.7 Å². The van der Waals surface area contributed by atoms with Gasteiger partial charge in [0.2, 0.25) is 0 Å². The summed E-state index contributed by atoms with van der Waals surface area (Å²) in [5, 5.41) is 0. The minimum Gasteiger partial charge on any atom is -0.469 e. The number of hydrogen-bond donors (Lipinski definition) is 0. The summed E-state index contributed by atoms with van der Waals surface area (Å²) in [4.78, 5) is 13.5. The van der Waals surface area contributed by atoms with Crippen LogP contribution in [0.25, 0.3) is 0 Å². The number of esters is 1. The van der Waals surface area contributed by atoms with E-state index in [1.165, 1.54) is 19.2 Å². The van der Waals surface area contributed by atoms with Gasteiger partial charge in [0.15, 0.2) is 0 Å². The van der Waals surface area contributed by atoms with Crippen LogP contribution in [0.1, 0.15) is 19.4 Å². The number of hydrogen-bond acceptors (Lipinski definition) is 3. The quantitative estimate of drug-likeness (QED) is 0.749. The van der Waals surface area contributed by atoms with Gasteiger partial charge in [-0.2, -0.15) is 0 Å². The zero-order valence-corrected chi connectivity index (χ0v) is 13.0. The molecule has 0 aliphatic rings. The van der Waals surface area contributed by atoms with Crippen LogP contribution in [0.2, 0.25) is 0 Å². The first-order chi connectivity index (χ1) is 8.97. The molecule has 0 radical (unpaired) electrons. The van der Waals surface area contributed by atoms with Gasteiger partial charge in [-0.3, -0.25) is 9.69 Å². The Morgan fingerprint density at radius 2 is 2.21 bits per heavy atom. The van der Waals surface area contributed by atoms with Gasteiger partial charge in [0.05, 0.1) is 13.0 Å². The predicted octanol–water partition coefficient (Wildman–Crippen LogP) is 3.22. The lowest BCUT2D eigenvalue weighted by molar-refractivity contribution is -0.145. The van der Waals surface area contributed by atoms with Gasteiger partial charge in [-0.25, -0.2) is 4.39 Å². The molecule has 0 spiro atoms. The summed E-state index contributed by atoms with van der Waals surface area (Å²) < 4.78 is 18.5. The van der Waals surface area contributed by atoms with Gasteiger partial charge in [0.25, 0.3) is 0 Å². The normalized spacial score (nSPS) is 12.5. The van der Waals surface area contributed by atoms with E-state index in [9.17, 15) is 9.18 Å². The Kier molecular flexibility index (Phi) is 6.45. The smallest absolute Gasteiger partial charge is 0.309 e. The molecule has 1 rings (SSSR count). The number of methoxy groups -OCH3 is 1. The van der Waals surface area contributed by atoms with Crippen molar-refractivity contribution in [3.8, 4) is 0 Å². The van der Waals surface area contributed by atoms with Crippen molar-refractivity contribution in [1.82, 2.24) is 4.90 Å². The van der Waals surface area contributed by atoms with Gasteiger partial charge in [0.1, 0.15) is 5.82 Å². The third-order valence-electron chi connectivity index (χ3n) is 2.99. The number of ether oxygens (including phenoxy) is 1. The maximum absolute atomic E-state index is 13.0. The molecule has 0 aliphatic heterocycles. The highest BCUT2D eigenvalue weighted by Gasteiger charge is 2.17. The summed E-state index contributed by atoms with van der Waals surface area (Å²) in [6.07, 6.45) is 0. The highest BCUT2D eigenvalue weighted by molar-refractivity contribution is 9.10. The van der Waals surface area contributed by atoms with E-state index < -0.39 is 0 Å². The van der Waals surface area contributed by atoms with Crippen molar-refractivity contribution in [1.29, 1.82) is 0 Å². The predicted molar refractivity (Wildman–Crippen MR) is 76.2 cm³/mol. The van der Waals surface area contributed by atoms with E-state index in [1.807, 2.05) is 13.8 Å². The summed E-state index contributed by atoms with van der Waals surface area (Å²) >= 11 is 3.36. The van der Waals surface area contributed by atoms with E-state index in [4.69, 9.17) is 4.74 Å². The molecule has 0 saturated carbocycles. The van der Waals surface area contributed by atoms with Crippen molar-refractivity contribution in [3.05, 3.63) is 34.1 Å². The minimum atomic E-state index is -0.262. The Bertz CT molecular complexity index is 439. The molecule has 106 valence electrons. The lowest BCUT2D eigenvalue weighted by atomic mass is 10.1. The SMILES string of the molecule is CCN(Cc1ccc(F)cc1Br)CC(C)C(=O)OC. The van der Waals surface area contributed by atoms with Gasteiger partial charge >= 0.3 is 5.97 Å². The van der Waals surface area contributed by atoms with Gasteiger partial charge in [-0.05, 0) is 24.2 Å². The topological polar surface area (TPSA) is 29.5 Å². The number of carbonyl (C=O) groups is 1. The van der Waals surface area contributed by atoms with Crippen LogP contribution in [-0.2, 0) is 16.1 Å². The molecule has 0 N–H and O–H groups in total.